The van der Waals surface area contributed by atoms with Crippen molar-refractivity contribution in [1.29, 1.82) is 0 Å². The molecule has 7 heteroatoms. The summed E-state index contributed by atoms with van der Waals surface area (Å²) >= 11 is 0. The number of amides is 2. The summed E-state index contributed by atoms with van der Waals surface area (Å²) in [4.78, 5) is 24.9. The second kappa shape index (κ2) is 9.59. The molecule has 0 aliphatic rings. The Labute approximate surface area is 159 Å². The Hall–Kier alpha value is -3.06. The normalized spacial score (nSPS) is 11.7. The number of rotatable bonds is 9. The van der Waals surface area contributed by atoms with Crippen LogP contribution in [0.25, 0.3) is 0 Å². The molecule has 2 amide bonds. The summed E-state index contributed by atoms with van der Waals surface area (Å²) in [7, 11) is 5.54. The van der Waals surface area contributed by atoms with E-state index in [1.165, 1.54) is 12.0 Å². The molecule has 0 fully saturated rings. The van der Waals surface area contributed by atoms with E-state index < -0.39 is 5.91 Å². The topological polar surface area (TPSA) is 95.1 Å². The summed E-state index contributed by atoms with van der Waals surface area (Å²) in [6, 6.07) is 14.5. The van der Waals surface area contributed by atoms with E-state index in [9.17, 15) is 9.59 Å². The maximum atomic E-state index is 12.8. The molecule has 7 nitrogen and oxygen atoms in total. The van der Waals surface area contributed by atoms with Gasteiger partial charge in [0.15, 0.2) is 18.1 Å². The summed E-state index contributed by atoms with van der Waals surface area (Å²) in [5, 5.41) is 3.07. The van der Waals surface area contributed by atoms with Crippen molar-refractivity contribution in [3.8, 4) is 11.5 Å². The van der Waals surface area contributed by atoms with Gasteiger partial charge in [0, 0.05) is 5.56 Å². The van der Waals surface area contributed by atoms with E-state index in [1.54, 1.807) is 18.2 Å². The highest BCUT2D eigenvalue weighted by Crippen LogP contribution is 2.28. The molecule has 0 heterocycles. The first-order chi connectivity index (χ1) is 12.9. The van der Waals surface area contributed by atoms with Gasteiger partial charge < -0.3 is 25.4 Å². The number of hydrogen-bond acceptors (Lipinski definition) is 4. The molecule has 0 bridgehead atoms. The summed E-state index contributed by atoms with van der Waals surface area (Å²) in [6.07, 6.45) is 0. The standard InChI is InChI=1S/C20H25N3O4/c1-23(2)12-16(14-7-5-4-6-8-14)22-20(25)15-9-10-17(18(11-15)26-3)27-13-19(21)24/h4-11,16H,12-13H2,1-3H3,(H2,21,24)(H,22,25)/p+1/t16-/m0/s1. The summed E-state index contributed by atoms with van der Waals surface area (Å²) in [5.74, 6) is -0.0933. The summed E-state index contributed by atoms with van der Waals surface area (Å²) in [5.41, 5.74) is 6.57. The van der Waals surface area contributed by atoms with Crippen LogP contribution in [0.4, 0.5) is 0 Å². The van der Waals surface area contributed by atoms with Gasteiger partial charge in [0.1, 0.15) is 12.6 Å². The van der Waals surface area contributed by atoms with Crippen molar-refractivity contribution in [3.63, 3.8) is 0 Å². The molecule has 0 aromatic heterocycles. The first-order valence-corrected chi connectivity index (χ1v) is 8.64. The summed E-state index contributed by atoms with van der Waals surface area (Å²) < 4.78 is 10.6. The van der Waals surface area contributed by atoms with E-state index in [4.69, 9.17) is 15.2 Å². The molecule has 27 heavy (non-hydrogen) atoms. The molecule has 2 aromatic rings. The molecule has 0 saturated heterocycles. The monoisotopic (exact) mass is 372 g/mol. The number of likely N-dealkylation sites (N-methyl/N-ethyl adjacent to an activating group) is 1. The average molecular weight is 372 g/mol. The molecule has 0 radical (unpaired) electrons. The maximum Gasteiger partial charge on any atom is 0.255 e. The van der Waals surface area contributed by atoms with E-state index >= 15 is 0 Å². The number of carbonyl (C=O) groups is 2. The zero-order valence-corrected chi connectivity index (χ0v) is 15.8. The van der Waals surface area contributed by atoms with Gasteiger partial charge in [-0.3, -0.25) is 9.59 Å². The highest BCUT2D eigenvalue weighted by molar-refractivity contribution is 5.95. The SMILES string of the molecule is COc1cc(C(=O)N[C@@H](C[NH+](C)C)c2ccccc2)ccc1OCC(N)=O. The van der Waals surface area contributed by atoms with Crippen molar-refractivity contribution >= 4 is 11.8 Å². The first-order valence-electron chi connectivity index (χ1n) is 8.64. The fourth-order valence-electron chi connectivity index (χ4n) is 2.66. The van der Waals surface area contributed by atoms with Gasteiger partial charge in [-0.15, -0.1) is 0 Å². The Balaban J connectivity index is 2.18. The van der Waals surface area contributed by atoms with E-state index in [2.05, 4.69) is 5.32 Å². The Morgan fingerprint density at radius 3 is 2.41 bits per heavy atom. The van der Waals surface area contributed by atoms with Crippen LogP contribution in [0, 0.1) is 0 Å². The van der Waals surface area contributed by atoms with Gasteiger partial charge in [0.05, 0.1) is 21.2 Å². The molecule has 2 rings (SSSR count). The van der Waals surface area contributed by atoms with Crippen LogP contribution in [-0.2, 0) is 4.79 Å². The molecule has 2 aromatic carbocycles. The lowest BCUT2D eigenvalue weighted by atomic mass is 10.1. The fraction of sp³-hybridized carbons (Fsp3) is 0.300. The number of carbonyl (C=O) groups excluding carboxylic acids is 2. The molecule has 0 saturated carbocycles. The minimum atomic E-state index is -0.587. The van der Waals surface area contributed by atoms with Gasteiger partial charge in [0.25, 0.3) is 11.8 Å². The molecule has 0 unspecified atom stereocenters. The van der Waals surface area contributed by atoms with Gasteiger partial charge in [-0.1, -0.05) is 30.3 Å². The molecule has 1 atom stereocenters. The Morgan fingerprint density at radius 1 is 1.11 bits per heavy atom. The minimum absolute atomic E-state index is 0.125. The molecule has 0 aliphatic heterocycles. The van der Waals surface area contributed by atoms with E-state index in [0.717, 1.165) is 12.1 Å². The van der Waals surface area contributed by atoms with Crippen LogP contribution in [-0.4, -0.2) is 46.2 Å². The van der Waals surface area contributed by atoms with Gasteiger partial charge in [-0.25, -0.2) is 0 Å². The molecular weight excluding hydrogens is 346 g/mol. The second-order valence-corrected chi connectivity index (χ2v) is 6.47. The Kier molecular flexibility index (Phi) is 7.19. The Bertz CT molecular complexity index is 778. The van der Waals surface area contributed by atoms with Crippen molar-refractivity contribution in [2.75, 3.05) is 34.4 Å². The molecule has 0 aliphatic carbocycles. The van der Waals surface area contributed by atoms with Crippen molar-refractivity contribution in [3.05, 3.63) is 59.7 Å². The number of methoxy groups -OCH3 is 1. The number of nitrogens with two attached hydrogens (primary N) is 1. The highest BCUT2D eigenvalue weighted by Gasteiger charge is 2.19. The van der Waals surface area contributed by atoms with Crippen LogP contribution in [0.1, 0.15) is 22.0 Å². The van der Waals surface area contributed by atoms with Crippen LogP contribution in [0.5, 0.6) is 11.5 Å². The van der Waals surface area contributed by atoms with Crippen LogP contribution in [0.3, 0.4) is 0 Å². The van der Waals surface area contributed by atoms with Crippen molar-refractivity contribution in [2.45, 2.75) is 6.04 Å². The number of benzene rings is 2. The predicted molar refractivity (Wildman–Crippen MR) is 102 cm³/mol. The van der Waals surface area contributed by atoms with Gasteiger partial charge in [-0.2, -0.15) is 0 Å². The zero-order chi connectivity index (χ0) is 19.8. The maximum absolute atomic E-state index is 12.8. The predicted octanol–water partition coefficient (Wildman–Crippen LogP) is 0.175. The number of primary amides is 1. The van der Waals surface area contributed by atoms with E-state index in [1.807, 2.05) is 44.4 Å². The number of quaternary nitrogens is 1. The van der Waals surface area contributed by atoms with E-state index in [-0.39, 0.29) is 18.6 Å². The highest BCUT2D eigenvalue weighted by atomic mass is 16.5. The van der Waals surface area contributed by atoms with Gasteiger partial charge in [0.2, 0.25) is 0 Å². The second-order valence-electron chi connectivity index (χ2n) is 6.47. The van der Waals surface area contributed by atoms with Crippen molar-refractivity contribution in [2.24, 2.45) is 5.73 Å². The van der Waals surface area contributed by atoms with Crippen LogP contribution < -0.4 is 25.4 Å². The van der Waals surface area contributed by atoms with Gasteiger partial charge >= 0.3 is 0 Å². The van der Waals surface area contributed by atoms with Crippen LogP contribution in [0.15, 0.2) is 48.5 Å². The third-order valence-corrected chi connectivity index (χ3v) is 3.92. The van der Waals surface area contributed by atoms with Crippen molar-refractivity contribution in [1.82, 2.24) is 5.32 Å². The lowest BCUT2D eigenvalue weighted by Gasteiger charge is -2.21. The number of hydrogen-bond donors (Lipinski definition) is 3. The van der Waals surface area contributed by atoms with E-state index in [0.29, 0.717) is 17.1 Å². The van der Waals surface area contributed by atoms with Crippen molar-refractivity contribution < 1.29 is 24.0 Å². The third kappa shape index (κ3) is 6.00. The molecule has 4 N–H and O–H groups in total. The first kappa shape index (κ1) is 20.3. The lowest BCUT2D eigenvalue weighted by molar-refractivity contribution is -0.860. The number of ether oxygens (including phenoxy) is 2. The smallest absolute Gasteiger partial charge is 0.255 e. The minimum Gasteiger partial charge on any atom is -0.493 e. The quantitative estimate of drug-likeness (QED) is 0.585. The van der Waals surface area contributed by atoms with Gasteiger partial charge in [-0.05, 0) is 23.8 Å². The fourth-order valence-corrected chi connectivity index (χ4v) is 2.66. The van der Waals surface area contributed by atoms with Crippen LogP contribution in [0.2, 0.25) is 0 Å². The number of nitrogens with one attached hydrogen (secondary N) is 2. The van der Waals surface area contributed by atoms with Crippen LogP contribution >= 0.6 is 0 Å². The Morgan fingerprint density at radius 2 is 1.81 bits per heavy atom. The molecular formula is C20H26N3O4+. The largest absolute Gasteiger partial charge is 0.493 e. The molecule has 0 spiro atoms. The lowest BCUT2D eigenvalue weighted by Crippen LogP contribution is -3.06. The summed E-state index contributed by atoms with van der Waals surface area (Å²) in [6.45, 7) is 0.482. The molecule has 144 valence electrons. The zero-order valence-electron chi connectivity index (χ0n) is 15.8. The third-order valence-electron chi connectivity index (χ3n) is 3.92. The average Bonchev–Trinajstić information content (AvgIpc) is 2.65.